The average molecular weight is 368 g/mol. The van der Waals surface area contributed by atoms with Gasteiger partial charge in [0.15, 0.2) is 0 Å². The first kappa shape index (κ1) is 21.0. The zero-order valence-corrected chi connectivity index (χ0v) is 17.0. The Bertz CT molecular complexity index is 441. The minimum atomic E-state index is -0.610. The quantitative estimate of drug-likeness (QED) is 0.707. The van der Waals surface area contributed by atoms with Crippen LogP contribution in [0.25, 0.3) is 0 Å². The van der Waals surface area contributed by atoms with Crippen molar-refractivity contribution in [3.8, 4) is 0 Å². The highest BCUT2D eigenvalue weighted by atomic mass is 16.6. The topological polar surface area (TPSA) is 64.6 Å². The number of amides is 1. The summed E-state index contributed by atoms with van der Waals surface area (Å²) in [6.45, 7) is 5.50. The van der Waals surface area contributed by atoms with Crippen LogP contribution >= 0.6 is 0 Å². The predicted molar refractivity (Wildman–Crippen MR) is 102 cm³/mol. The van der Waals surface area contributed by atoms with Crippen molar-refractivity contribution in [1.82, 2.24) is 5.32 Å². The van der Waals surface area contributed by atoms with Crippen LogP contribution in [0.2, 0.25) is 0 Å². The third-order valence-electron chi connectivity index (χ3n) is 5.90. The molecular formula is C21H37NO4. The van der Waals surface area contributed by atoms with Crippen LogP contribution in [0.4, 0.5) is 4.79 Å². The molecule has 26 heavy (non-hydrogen) atoms. The van der Waals surface area contributed by atoms with E-state index in [2.05, 4.69) is 5.32 Å². The molecule has 2 fully saturated rings. The van der Waals surface area contributed by atoms with Gasteiger partial charge in [0.1, 0.15) is 11.6 Å². The SMILES string of the molecule is COC(=O)[C@@H](NC(=O)OC(C)(C)C)C(C1CCCCC1)C1CCCCC1. The number of ether oxygens (including phenoxy) is 2. The molecule has 1 atom stereocenters. The Labute approximate surface area is 158 Å². The number of carbonyl (C=O) groups is 2. The van der Waals surface area contributed by atoms with E-state index < -0.39 is 17.7 Å². The van der Waals surface area contributed by atoms with E-state index in [4.69, 9.17) is 9.47 Å². The molecule has 0 spiro atoms. The Balaban J connectivity index is 2.21. The zero-order chi connectivity index (χ0) is 19.2. The maximum Gasteiger partial charge on any atom is 0.408 e. The van der Waals surface area contributed by atoms with Gasteiger partial charge in [-0.2, -0.15) is 0 Å². The Morgan fingerprint density at radius 3 is 1.73 bits per heavy atom. The van der Waals surface area contributed by atoms with Crippen molar-refractivity contribution in [2.24, 2.45) is 17.8 Å². The van der Waals surface area contributed by atoms with Crippen LogP contribution in [0.15, 0.2) is 0 Å². The van der Waals surface area contributed by atoms with Crippen molar-refractivity contribution in [3.63, 3.8) is 0 Å². The molecule has 2 rings (SSSR count). The van der Waals surface area contributed by atoms with E-state index in [1.807, 2.05) is 20.8 Å². The smallest absolute Gasteiger partial charge is 0.408 e. The standard InChI is InChI=1S/C21H37NO4/c1-21(2,3)26-20(24)22-18(19(23)25-4)17(15-11-7-5-8-12-15)16-13-9-6-10-14-16/h15-18H,5-14H2,1-4H3,(H,22,24)/t18-/m0/s1. The van der Waals surface area contributed by atoms with Crippen molar-refractivity contribution >= 4 is 12.1 Å². The van der Waals surface area contributed by atoms with E-state index in [-0.39, 0.29) is 11.9 Å². The second-order valence-electron chi connectivity index (χ2n) is 9.02. The van der Waals surface area contributed by atoms with Crippen LogP contribution in [-0.2, 0) is 14.3 Å². The minimum Gasteiger partial charge on any atom is -0.467 e. The van der Waals surface area contributed by atoms with Crippen molar-refractivity contribution in [3.05, 3.63) is 0 Å². The minimum absolute atomic E-state index is 0.149. The summed E-state index contributed by atoms with van der Waals surface area (Å²) in [6, 6.07) is -0.610. The van der Waals surface area contributed by atoms with E-state index >= 15 is 0 Å². The fourth-order valence-electron chi connectivity index (χ4n) is 4.84. The monoisotopic (exact) mass is 367 g/mol. The molecule has 0 heterocycles. The summed E-state index contributed by atoms with van der Waals surface area (Å²) in [4.78, 5) is 25.1. The highest BCUT2D eigenvalue weighted by Crippen LogP contribution is 2.42. The highest BCUT2D eigenvalue weighted by molar-refractivity contribution is 5.81. The van der Waals surface area contributed by atoms with Gasteiger partial charge in [0.05, 0.1) is 7.11 Å². The van der Waals surface area contributed by atoms with Crippen molar-refractivity contribution in [2.45, 2.75) is 96.6 Å². The van der Waals surface area contributed by atoms with Gasteiger partial charge in [0, 0.05) is 0 Å². The Kier molecular flexibility index (Phi) is 7.78. The Morgan fingerprint density at radius 1 is 0.885 bits per heavy atom. The molecule has 2 saturated carbocycles. The fraction of sp³-hybridized carbons (Fsp3) is 0.905. The normalized spacial score (nSPS) is 21.3. The number of hydrogen-bond donors (Lipinski definition) is 1. The number of carbonyl (C=O) groups excluding carboxylic acids is 2. The molecular weight excluding hydrogens is 330 g/mol. The maximum atomic E-state index is 12.6. The average Bonchev–Trinajstić information content (AvgIpc) is 2.61. The van der Waals surface area contributed by atoms with Gasteiger partial charge in [0.2, 0.25) is 0 Å². The molecule has 0 aromatic heterocycles. The molecule has 0 aromatic rings. The van der Waals surface area contributed by atoms with Gasteiger partial charge in [-0.15, -0.1) is 0 Å². The van der Waals surface area contributed by atoms with E-state index in [0.717, 1.165) is 25.7 Å². The first-order valence-electron chi connectivity index (χ1n) is 10.4. The third kappa shape index (κ3) is 6.17. The van der Waals surface area contributed by atoms with Gasteiger partial charge in [-0.25, -0.2) is 9.59 Å². The van der Waals surface area contributed by atoms with Crippen molar-refractivity contribution in [2.75, 3.05) is 7.11 Å². The summed E-state index contributed by atoms with van der Waals surface area (Å²) >= 11 is 0. The molecule has 5 heteroatoms. The number of hydrogen-bond acceptors (Lipinski definition) is 4. The van der Waals surface area contributed by atoms with E-state index in [0.29, 0.717) is 11.8 Å². The lowest BCUT2D eigenvalue weighted by Crippen LogP contribution is -2.52. The molecule has 0 bridgehead atoms. The summed E-state index contributed by atoms with van der Waals surface area (Å²) in [5.74, 6) is 0.768. The molecule has 1 N–H and O–H groups in total. The summed E-state index contributed by atoms with van der Waals surface area (Å²) in [6.07, 6.45) is 11.5. The second kappa shape index (κ2) is 9.61. The van der Waals surface area contributed by atoms with Gasteiger partial charge >= 0.3 is 12.1 Å². The van der Waals surface area contributed by atoms with E-state index in [9.17, 15) is 9.59 Å². The third-order valence-corrected chi connectivity index (χ3v) is 5.90. The highest BCUT2D eigenvalue weighted by Gasteiger charge is 2.42. The van der Waals surface area contributed by atoms with Crippen molar-refractivity contribution in [1.29, 1.82) is 0 Å². The summed E-state index contributed by atoms with van der Waals surface area (Å²) in [5.41, 5.74) is -0.587. The molecule has 0 unspecified atom stereocenters. The van der Waals surface area contributed by atoms with Crippen LogP contribution in [-0.4, -0.2) is 30.8 Å². The first-order chi connectivity index (χ1) is 12.3. The molecule has 5 nitrogen and oxygen atoms in total. The van der Waals surface area contributed by atoms with Gasteiger partial charge < -0.3 is 14.8 Å². The molecule has 150 valence electrons. The number of alkyl carbamates (subject to hydrolysis) is 1. The van der Waals surface area contributed by atoms with Crippen LogP contribution in [0, 0.1) is 17.8 Å². The van der Waals surface area contributed by atoms with Gasteiger partial charge in [-0.05, 0) is 38.5 Å². The molecule has 2 aliphatic rings. The second-order valence-corrected chi connectivity index (χ2v) is 9.02. The predicted octanol–water partition coefficient (Wildman–Crippen LogP) is 4.83. The largest absolute Gasteiger partial charge is 0.467 e. The molecule has 0 aromatic carbocycles. The van der Waals surface area contributed by atoms with Gasteiger partial charge in [-0.1, -0.05) is 64.2 Å². The van der Waals surface area contributed by atoms with Crippen LogP contribution in [0.1, 0.15) is 85.0 Å². The maximum absolute atomic E-state index is 12.6. The Hall–Kier alpha value is -1.26. The molecule has 0 radical (unpaired) electrons. The molecule has 0 aliphatic heterocycles. The van der Waals surface area contributed by atoms with Gasteiger partial charge in [0.25, 0.3) is 0 Å². The number of rotatable bonds is 5. The summed E-state index contributed by atoms with van der Waals surface area (Å²) in [5, 5.41) is 2.88. The van der Waals surface area contributed by atoms with Crippen LogP contribution < -0.4 is 5.32 Å². The summed E-state index contributed by atoms with van der Waals surface area (Å²) < 4.78 is 10.5. The zero-order valence-electron chi connectivity index (χ0n) is 17.0. The molecule has 0 saturated heterocycles. The fourth-order valence-corrected chi connectivity index (χ4v) is 4.84. The number of nitrogens with one attached hydrogen (secondary N) is 1. The molecule has 2 aliphatic carbocycles. The lowest BCUT2D eigenvalue weighted by molar-refractivity contribution is -0.146. The van der Waals surface area contributed by atoms with E-state index in [1.165, 1.54) is 45.6 Å². The van der Waals surface area contributed by atoms with Crippen LogP contribution in [0.5, 0.6) is 0 Å². The van der Waals surface area contributed by atoms with Crippen molar-refractivity contribution < 1.29 is 19.1 Å². The molecule has 1 amide bonds. The van der Waals surface area contributed by atoms with Gasteiger partial charge in [-0.3, -0.25) is 0 Å². The number of esters is 1. The lowest BCUT2D eigenvalue weighted by atomic mass is 9.66. The lowest BCUT2D eigenvalue weighted by Gasteiger charge is -2.41. The van der Waals surface area contributed by atoms with E-state index in [1.54, 1.807) is 0 Å². The number of methoxy groups -OCH3 is 1. The summed E-state index contributed by atoms with van der Waals surface area (Å²) in [7, 11) is 1.41. The van der Waals surface area contributed by atoms with Crippen LogP contribution in [0.3, 0.4) is 0 Å². The Morgan fingerprint density at radius 2 is 1.35 bits per heavy atom. The first-order valence-corrected chi connectivity index (χ1v) is 10.4.